The maximum absolute atomic E-state index is 10.6. The quantitative estimate of drug-likeness (QED) is 0.823. The van der Waals surface area contributed by atoms with Crippen LogP contribution >= 0.6 is 11.8 Å². The number of hydrogen-bond acceptors (Lipinski definition) is 5. The van der Waals surface area contributed by atoms with Crippen LogP contribution in [0.3, 0.4) is 0 Å². The molecule has 0 aliphatic rings. The first-order chi connectivity index (χ1) is 9.63. The molecule has 1 heterocycles. The predicted molar refractivity (Wildman–Crippen MR) is 78.6 cm³/mol. The number of para-hydroxylation sites is 1. The molecular weight excluding hydrogens is 276 g/mol. The first-order valence-corrected chi connectivity index (χ1v) is 7.18. The summed E-state index contributed by atoms with van der Waals surface area (Å²) in [5.41, 5.74) is 1.00. The molecule has 2 rings (SSSR count). The number of thioether (sulfide) groups is 1. The minimum absolute atomic E-state index is 0.0207. The van der Waals surface area contributed by atoms with Gasteiger partial charge in [-0.3, -0.25) is 9.36 Å². The van der Waals surface area contributed by atoms with E-state index in [9.17, 15) is 4.79 Å². The zero-order valence-electron chi connectivity index (χ0n) is 11.4. The van der Waals surface area contributed by atoms with Gasteiger partial charge in [0.2, 0.25) is 5.95 Å². The molecule has 106 valence electrons. The van der Waals surface area contributed by atoms with Crippen molar-refractivity contribution in [2.75, 3.05) is 17.7 Å². The zero-order chi connectivity index (χ0) is 14.5. The Balaban J connectivity index is 2.26. The van der Waals surface area contributed by atoms with Crippen LogP contribution in [0.1, 0.15) is 6.92 Å². The summed E-state index contributed by atoms with van der Waals surface area (Å²) >= 11 is 1.18. The summed E-state index contributed by atoms with van der Waals surface area (Å²) in [4.78, 5) is 12.6. The lowest BCUT2D eigenvalue weighted by molar-refractivity contribution is -0.133. The van der Waals surface area contributed by atoms with Crippen LogP contribution in [0.5, 0.6) is 0 Å². The minimum Gasteiger partial charge on any atom is -0.481 e. The van der Waals surface area contributed by atoms with Gasteiger partial charge < -0.3 is 10.0 Å². The number of benzene rings is 1. The van der Waals surface area contributed by atoms with E-state index in [2.05, 4.69) is 10.2 Å². The molecule has 0 saturated carbocycles. The largest absolute Gasteiger partial charge is 0.481 e. The monoisotopic (exact) mass is 292 g/mol. The third kappa shape index (κ3) is 3.11. The van der Waals surface area contributed by atoms with Crippen molar-refractivity contribution in [1.29, 1.82) is 0 Å². The Bertz CT molecular complexity index is 585. The summed E-state index contributed by atoms with van der Waals surface area (Å²) in [5, 5.41) is 17.6. The summed E-state index contributed by atoms with van der Waals surface area (Å²) < 4.78 is 1.90. The normalized spacial score (nSPS) is 10.5. The van der Waals surface area contributed by atoms with Crippen LogP contribution in [0.15, 0.2) is 35.5 Å². The highest BCUT2D eigenvalue weighted by molar-refractivity contribution is 7.99. The number of nitrogens with zero attached hydrogens (tertiary/aromatic N) is 4. The Hall–Kier alpha value is -2.02. The second kappa shape index (κ2) is 6.42. The van der Waals surface area contributed by atoms with E-state index in [1.807, 2.05) is 53.8 Å². The summed E-state index contributed by atoms with van der Waals surface area (Å²) in [6.45, 7) is 2.66. The van der Waals surface area contributed by atoms with Gasteiger partial charge in [0.25, 0.3) is 0 Å². The summed E-state index contributed by atoms with van der Waals surface area (Å²) in [6, 6.07) is 9.84. The lowest BCUT2D eigenvalue weighted by Crippen LogP contribution is -2.15. The fraction of sp³-hybridized carbons (Fsp3) is 0.308. The van der Waals surface area contributed by atoms with Crippen LogP contribution in [-0.2, 0) is 11.3 Å². The van der Waals surface area contributed by atoms with Crippen molar-refractivity contribution in [2.45, 2.75) is 18.6 Å². The molecule has 0 fully saturated rings. The molecule has 0 aliphatic heterocycles. The molecule has 0 bridgehead atoms. The maximum atomic E-state index is 10.6. The maximum Gasteiger partial charge on any atom is 0.313 e. The average molecular weight is 292 g/mol. The number of rotatable bonds is 6. The molecule has 0 unspecified atom stereocenters. The molecule has 7 heteroatoms. The van der Waals surface area contributed by atoms with Gasteiger partial charge in [0, 0.05) is 19.3 Å². The van der Waals surface area contributed by atoms with Crippen molar-refractivity contribution in [3.05, 3.63) is 30.3 Å². The molecule has 0 saturated heterocycles. The number of hydrogen-bond donors (Lipinski definition) is 1. The van der Waals surface area contributed by atoms with Gasteiger partial charge in [0.15, 0.2) is 5.16 Å². The number of carboxylic acids is 1. The highest BCUT2D eigenvalue weighted by atomic mass is 32.2. The van der Waals surface area contributed by atoms with Crippen LogP contribution in [-0.4, -0.2) is 38.6 Å². The Morgan fingerprint density at radius 1 is 1.35 bits per heavy atom. The topological polar surface area (TPSA) is 71.2 Å². The van der Waals surface area contributed by atoms with Crippen molar-refractivity contribution in [3.63, 3.8) is 0 Å². The van der Waals surface area contributed by atoms with Crippen LogP contribution in [0, 0.1) is 0 Å². The van der Waals surface area contributed by atoms with Gasteiger partial charge in [-0.2, -0.15) is 0 Å². The number of anilines is 2. The lowest BCUT2D eigenvalue weighted by atomic mass is 10.3. The number of carboxylic acid groups (broad SMARTS) is 1. The fourth-order valence-electron chi connectivity index (χ4n) is 1.81. The highest BCUT2D eigenvalue weighted by Gasteiger charge is 2.16. The van der Waals surface area contributed by atoms with E-state index in [0.29, 0.717) is 17.6 Å². The molecule has 6 nitrogen and oxygen atoms in total. The molecule has 1 N–H and O–H groups in total. The third-order valence-electron chi connectivity index (χ3n) is 2.78. The lowest BCUT2D eigenvalue weighted by Gasteiger charge is -2.18. The molecule has 0 spiro atoms. The van der Waals surface area contributed by atoms with E-state index in [1.54, 1.807) is 0 Å². The van der Waals surface area contributed by atoms with Crippen LogP contribution in [0.25, 0.3) is 0 Å². The van der Waals surface area contributed by atoms with E-state index in [1.165, 1.54) is 11.8 Å². The standard InChI is InChI=1S/C13H16N4O2S/c1-3-17-12(14-15-13(17)20-9-11(18)19)16(2)10-7-5-4-6-8-10/h4-8H,3,9H2,1-2H3,(H,18,19). The van der Waals surface area contributed by atoms with E-state index in [0.717, 1.165) is 5.69 Å². The van der Waals surface area contributed by atoms with Gasteiger partial charge in [0.1, 0.15) is 0 Å². The Kier molecular flexibility index (Phi) is 4.62. The number of carbonyl (C=O) groups is 1. The number of aromatic nitrogens is 3. The van der Waals surface area contributed by atoms with E-state index < -0.39 is 5.97 Å². The van der Waals surface area contributed by atoms with Gasteiger partial charge in [-0.25, -0.2) is 0 Å². The van der Waals surface area contributed by atoms with Crippen molar-refractivity contribution in [2.24, 2.45) is 0 Å². The van der Waals surface area contributed by atoms with E-state index in [4.69, 9.17) is 5.11 Å². The fourth-order valence-corrected chi connectivity index (χ4v) is 2.52. The third-order valence-corrected chi connectivity index (χ3v) is 3.73. The second-order valence-electron chi connectivity index (χ2n) is 4.10. The summed E-state index contributed by atoms with van der Waals surface area (Å²) in [7, 11) is 1.91. The molecule has 0 amide bonds. The highest BCUT2D eigenvalue weighted by Crippen LogP contribution is 2.25. The molecule has 1 aromatic carbocycles. The van der Waals surface area contributed by atoms with E-state index >= 15 is 0 Å². The smallest absolute Gasteiger partial charge is 0.313 e. The van der Waals surface area contributed by atoms with Crippen LogP contribution in [0.2, 0.25) is 0 Å². The SMILES string of the molecule is CCn1c(SCC(=O)O)nnc1N(C)c1ccccc1. The van der Waals surface area contributed by atoms with Crippen molar-refractivity contribution in [1.82, 2.24) is 14.8 Å². The van der Waals surface area contributed by atoms with Gasteiger partial charge in [-0.05, 0) is 19.1 Å². The molecule has 0 aliphatic carbocycles. The van der Waals surface area contributed by atoms with Gasteiger partial charge >= 0.3 is 5.97 Å². The van der Waals surface area contributed by atoms with Gasteiger partial charge in [-0.15, -0.1) is 10.2 Å². The Morgan fingerprint density at radius 3 is 2.65 bits per heavy atom. The molecular formula is C13H16N4O2S. The molecule has 2 aromatic rings. The van der Waals surface area contributed by atoms with E-state index in [-0.39, 0.29) is 5.75 Å². The zero-order valence-corrected chi connectivity index (χ0v) is 12.2. The summed E-state index contributed by atoms with van der Waals surface area (Å²) in [6.07, 6.45) is 0. The van der Waals surface area contributed by atoms with Gasteiger partial charge in [0.05, 0.1) is 5.75 Å². The van der Waals surface area contributed by atoms with Crippen molar-refractivity contribution >= 4 is 29.4 Å². The van der Waals surface area contributed by atoms with Crippen molar-refractivity contribution in [3.8, 4) is 0 Å². The molecule has 1 aromatic heterocycles. The first kappa shape index (κ1) is 14.4. The second-order valence-corrected chi connectivity index (χ2v) is 5.05. The van der Waals surface area contributed by atoms with Crippen LogP contribution < -0.4 is 4.90 Å². The summed E-state index contributed by atoms with van der Waals surface area (Å²) in [5.74, 6) is -0.182. The number of aliphatic carboxylic acids is 1. The molecule has 0 radical (unpaired) electrons. The molecule has 20 heavy (non-hydrogen) atoms. The Morgan fingerprint density at radius 2 is 2.05 bits per heavy atom. The minimum atomic E-state index is -0.862. The Labute approximate surface area is 121 Å². The van der Waals surface area contributed by atoms with Crippen molar-refractivity contribution < 1.29 is 9.90 Å². The first-order valence-electron chi connectivity index (χ1n) is 6.20. The molecule has 0 atom stereocenters. The predicted octanol–water partition coefficient (Wildman–Crippen LogP) is 2.24. The van der Waals surface area contributed by atoms with Gasteiger partial charge in [-0.1, -0.05) is 30.0 Å². The average Bonchev–Trinajstić information content (AvgIpc) is 2.88. The van der Waals surface area contributed by atoms with Crippen LogP contribution in [0.4, 0.5) is 11.6 Å².